The van der Waals surface area contributed by atoms with E-state index in [1.165, 1.54) is 25.1 Å². The van der Waals surface area contributed by atoms with Crippen molar-refractivity contribution in [3.63, 3.8) is 0 Å². The molecule has 2 aromatic carbocycles. The lowest BCUT2D eigenvalue weighted by Gasteiger charge is -2.25. The number of nitrogens with zero attached hydrogens (tertiary/aromatic N) is 1. The van der Waals surface area contributed by atoms with E-state index in [0.717, 1.165) is 0 Å². The van der Waals surface area contributed by atoms with Gasteiger partial charge in [-0.05, 0) is 12.5 Å². The van der Waals surface area contributed by atoms with Crippen LogP contribution in [0.2, 0.25) is 0 Å². The third kappa shape index (κ3) is 2.14. The van der Waals surface area contributed by atoms with Crippen molar-refractivity contribution < 1.29 is 14.8 Å². The fourth-order valence-electron chi connectivity index (χ4n) is 2.22. The fraction of sp³-hybridized carbons (Fsp3) is 0.133. The van der Waals surface area contributed by atoms with E-state index in [0.29, 0.717) is 5.56 Å². The van der Waals surface area contributed by atoms with Gasteiger partial charge in [-0.1, -0.05) is 48.5 Å². The molecule has 0 amide bonds. The molecular weight excluding hydrogens is 258 g/mol. The van der Waals surface area contributed by atoms with Crippen LogP contribution in [-0.4, -0.2) is 16.0 Å². The van der Waals surface area contributed by atoms with Crippen molar-refractivity contribution in [3.8, 4) is 0 Å². The number of nitro groups is 1. The van der Waals surface area contributed by atoms with Crippen LogP contribution in [0.4, 0.5) is 5.69 Å². The summed E-state index contributed by atoms with van der Waals surface area (Å²) in [6.45, 7) is 1.48. The summed E-state index contributed by atoms with van der Waals surface area (Å²) in [5, 5.41) is 20.8. The quantitative estimate of drug-likeness (QED) is 0.684. The molecule has 1 atom stereocenters. The highest BCUT2D eigenvalue weighted by molar-refractivity contribution is 5.87. The van der Waals surface area contributed by atoms with Gasteiger partial charge < -0.3 is 5.11 Å². The molecule has 0 aromatic heterocycles. The zero-order valence-electron chi connectivity index (χ0n) is 10.8. The first-order chi connectivity index (χ1) is 9.48. The fourth-order valence-corrected chi connectivity index (χ4v) is 2.22. The zero-order chi connectivity index (χ0) is 14.8. The van der Waals surface area contributed by atoms with Crippen LogP contribution in [0, 0.1) is 10.1 Å². The van der Waals surface area contributed by atoms with E-state index >= 15 is 0 Å². The number of carboxylic acid groups (broad SMARTS) is 1. The molecule has 0 heterocycles. The predicted molar refractivity (Wildman–Crippen MR) is 73.6 cm³/mol. The summed E-state index contributed by atoms with van der Waals surface area (Å²) in [4.78, 5) is 22.4. The minimum absolute atomic E-state index is 0.170. The lowest BCUT2D eigenvalue weighted by Crippen LogP contribution is -2.34. The maximum absolute atomic E-state index is 11.8. The second kappa shape index (κ2) is 5.13. The summed E-state index contributed by atoms with van der Waals surface area (Å²) in [6.07, 6.45) is 0. The lowest BCUT2D eigenvalue weighted by molar-refractivity contribution is -0.385. The predicted octanol–water partition coefficient (Wildman–Crippen LogP) is 2.99. The number of carbonyl (C=O) groups is 1. The average molecular weight is 271 g/mol. The third-order valence-electron chi connectivity index (χ3n) is 3.42. The number of para-hydroxylation sites is 1. The van der Waals surface area contributed by atoms with Gasteiger partial charge in [-0.3, -0.25) is 14.9 Å². The van der Waals surface area contributed by atoms with Crippen LogP contribution < -0.4 is 0 Å². The number of hydrogen-bond acceptors (Lipinski definition) is 3. The summed E-state index contributed by atoms with van der Waals surface area (Å²) in [5.74, 6) is -1.13. The van der Waals surface area contributed by atoms with Crippen molar-refractivity contribution in [2.75, 3.05) is 0 Å². The van der Waals surface area contributed by atoms with Crippen LogP contribution in [0.3, 0.4) is 0 Å². The minimum atomic E-state index is -1.47. The van der Waals surface area contributed by atoms with Crippen LogP contribution in [-0.2, 0) is 10.2 Å². The Morgan fingerprint density at radius 2 is 1.65 bits per heavy atom. The molecule has 0 aliphatic heterocycles. The molecule has 0 saturated carbocycles. The van der Waals surface area contributed by atoms with Gasteiger partial charge in [0.25, 0.3) is 5.69 Å². The Bertz CT molecular complexity index is 654. The van der Waals surface area contributed by atoms with Crippen molar-refractivity contribution in [1.29, 1.82) is 0 Å². The highest BCUT2D eigenvalue weighted by Gasteiger charge is 2.41. The monoisotopic (exact) mass is 271 g/mol. The Kier molecular flexibility index (Phi) is 3.52. The molecule has 1 unspecified atom stereocenters. The van der Waals surface area contributed by atoms with E-state index in [4.69, 9.17) is 0 Å². The van der Waals surface area contributed by atoms with Crippen molar-refractivity contribution in [1.82, 2.24) is 0 Å². The van der Waals surface area contributed by atoms with E-state index in [1.54, 1.807) is 36.4 Å². The van der Waals surface area contributed by atoms with Crippen LogP contribution >= 0.6 is 0 Å². The topological polar surface area (TPSA) is 80.4 Å². The van der Waals surface area contributed by atoms with Gasteiger partial charge in [0.1, 0.15) is 5.41 Å². The first-order valence-electron chi connectivity index (χ1n) is 6.00. The molecule has 0 aliphatic carbocycles. The Morgan fingerprint density at radius 3 is 2.20 bits per heavy atom. The van der Waals surface area contributed by atoms with Gasteiger partial charge >= 0.3 is 5.97 Å². The SMILES string of the molecule is CC(C(=O)O)(c1ccccc1)c1ccccc1[N+](=O)[O-]. The highest BCUT2D eigenvalue weighted by atomic mass is 16.6. The molecule has 102 valence electrons. The van der Waals surface area contributed by atoms with Crippen molar-refractivity contribution in [3.05, 3.63) is 75.8 Å². The second-order valence-electron chi connectivity index (χ2n) is 4.57. The smallest absolute Gasteiger partial charge is 0.318 e. The molecule has 0 saturated heterocycles. The van der Waals surface area contributed by atoms with E-state index in [1.807, 2.05) is 0 Å². The Balaban J connectivity index is 2.73. The molecule has 5 nitrogen and oxygen atoms in total. The van der Waals surface area contributed by atoms with Crippen molar-refractivity contribution >= 4 is 11.7 Å². The van der Waals surface area contributed by atoms with Gasteiger partial charge in [0.2, 0.25) is 0 Å². The summed E-state index contributed by atoms with van der Waals surface area (Å²) in [6, 6.07) is 14.4. The van der Waals surface area contributed by atoms with E-state index in [2.05, 4.69) is 0 Å². The van der Waals surface area contributed by atoms with Crippen LogP contribution in [0.15, 0.2) is 54.6 Å². The van der Waals surface area contributed by atoms with Gasteiger partial charge in [-0.15, -0.1) is 0 Å². The van der Waals surface area contributed by atoms with E-state index in [-0.39, 0.29) is 11.3 Å². The summed E-state index contributed by atoms with van der Waals surface area (Å²) in [7, 11) is 0. The molecule has 20 heavy (non-hydrogen) atoms. The number of nitro benzene ring substituents is 1. The second-order valence-corrected chi connectivity index (χ2v) is 4.57. The maximum Gasteiger partial charge on any atom is 0.318 e. The largest absolute Gasteiger partial charge is 0.480 e. The number of hydrogen-bond donors (Lipinski definition) is 1. The van der Waals surface area contributed by atoms with Crippen LogP contribution in [0.5, 0.6) is 0 Å². The van der Waals surface area contributed by atoms with Crippen molar-refractivity contribution in [2.45, 2.75) is 12.3 Å². The number of carboxylic acids is 1. The maximum atomic E-state index is 11.8. The Morgan fingerprint density at radius 1 is 1.10 bits per heavy atom. The number of rotatable bonds is 4. The lowest BCUT2D eigenvalue weighted by atomic mass is 9.75. The normalized spacial score (nSPS) is 13.4. The molecule has 0 spiro atoms. The number of aliphatic carboxylic acids is 1. The third-order valence-corrected chi connectivity index (χ3v) is 3.42. The highest BCUT2D eigenvalue weighted by Crippen LogP contribution is 2.37. The number of benzene rings is 2. The molecule has 5 heteroatoms. The minimum Gasteiger partial charge on any atom is -0.480 e. The summed E-state index contributed by atoms with van der Waals surface area (Å²) in [5.41, 5.74) is -0.989. The molecular formula is C15H13NO4. The van der Waals surface area contributed by atoms with E-state index < -0.39 is 16.3 Å². The molecule has 0 fully saturated rings. The van der Waals surface area contributed by atoms with Gasteiger partial charge in [0.15, 0.2) is 0 Å². The molecule has 0 aliphatic rings. The Hall–Kier alpha value is -2.69. The van der Waals surface area contributed by atoms with Gasteiger partial charge in [0.05, 0.1) is 10.5 Å². The zero-order valence-corrected chi connectivity index (χ0v) is 10.8. The van der Waals surface area contributed by atoms with Gasteiger partial charge in [0, 0.05) is 6.07 Å². The average Bonchev–Trinajstić information content (AvgIpc) is 2.47. The standard InChI is InChI=1S/C15H13NO4/c1-15(14(17)18,11-7-3-2-4-8-11)12-9-5-6-10-13(12)16(19)20/h2-10H,1H3,(H,17,18). The van der Waals surface area contributed by atoms with Gasteiger partial charge in [-0.2, -0.15) is 0 Å². The first kappa shape index (κ1) is 13.7. The van der Waals surface area contributed by atoms with Crippen molar-refractivity contribution in [2.24, 2.45) is 0 Å². The molecule has 0 radical (unpaired) electrons. The summed E-state index contributed by atoms with van der Waals surface area (Å²) >= 11 is 0. The molecule has 0 bridgehead atoms. The van der Waals surface area contributed by atoms with E-state index in [9.17, 15) is 20.0 Å². The molecule has 1 N–H and O–H groups in total. The van der Waals surface area contributed by atoms with Crippen LogP contribution in [0.25, 0.3) is 0 Å². The molecule has 2 rings (SSSR count). The first-order valence-corrected chi connectivity index (χ1v) is 6.00. The summed E-state index contributed by atoms with van der Waals surface area (Å²) < 4.78 is 0. The van der Waals surface area contributed by atoms with Crippen LogP contribution in [0.1, 0.15) is 18.1 Å². The molecule has 2 aromatic rings. The van der Waals surface area contributed by atoms with Gasteiger partial charge in [-0.25, -0.2) is 0 Å². The Labute approximate surface area is 115 Å².